The van der Waals surface area contributed by atoms with Crippen molar-refractivity contribution < 1.29 is 23.8 Å². The number of carbonyl (C=O) groups excluding carboxylic acids is 2. The fraction of sp³-hybridized carbons (Fsp3) is 0.905. The molecule has 0 saturated heterocycles. The molecule has 0 bridgehead atoms. The molecule has 0 aromatic carbocycles. The minimum atomic E-state index is -0.719. The Morgan fingerprint density at radius 3 is 2.15 bits per heavy atom. The van der Waals surface area contributed by atoms with E-state index in [-0.39, 0.29) is 17.6 Å². The van der Waals surface area contributed by atoms with Crippen molar-refractivity contribution >= 4 is 11.8 Å². The maximum absolute atomic E-state index is 12.3. The lowest BCUT2D eigenvalue weighted by molar-refractivity contribution is -0.258. The zero-order chi connectivity index (χ0) is 19.6. The van der Waals surface area contributed by atoms with Crippen molar-refractivity contribution in [3.8, 4) is 0 Å². The summed E-state index contributed by atoms with van der Waals surface area (Å²) in [6.45, 7) is 8.74. The van der Waals surface area contributed by atoms with Gasteiger partial charge in [0.05, 0.1) is 7.11 Å². The molecule has 5 nitrogen and oxygen atoms in total. The minimum Gasteiger partial charge on any atom is -0.468 e. The van der Waals surface area contributed by atoms with Crippen LogP contribution in [0.25, 0.3) is 0 Å². The molecule has 0 amide bonds. The third-order valence-corrected chi connectivity index (χ3v) is 5.63. The molecule has 1 aliphatic carbocycles. The zero-order valence-electron chi connectivity index (χ0n) is 17.3. The van der Waals surface area contributed by atoms with Crippen molar-refractivity contribution in [2.45, 2.75) is 84.8 Å². The summed E-state index contributed by atoms with van der Waals surface area (Å²) in [6, 6.07) is 0. The molecule has 0 heterocycles. The minimum absolute atomic E-state index is 0.0389. The highest BCUT2D eigenvalue weighted by atomic mass is 16.7. The van der Waals surface area contributed by atoms with Gasteiger partial charge in [-0.2, -0.15) is 0 Å². The monoisotopic (exact) mass is 370 g/mol. The molecule has 0 radical (unpaired) electrons. The first-order chi connectivity index (χ1) is 12.5. The molecule has 1 saturated carbocycles. The van der Waals surface area contributed by atoms with Gasteiger partial charge in [0, 0.05) is 25.6 Å². The predicted molar refractivity (Wildman–Crippen MR) is 102 cm³/mol. The fourth-order valence-corrected chi connectivity index (χ4v) is 4.54. The first-order valence-corrected chi connectivity index (χ1v) is 10.3. The molecule has 152 valence electrons. The Labute approximate surface area is 159 Å². The van der Waals surface area contributed by atoms with Crippen LogP contribution in [0.4, 0.5) is 0 Å². The molecule has 1 rings (SSSR count). The number of rotatable bonds is 13. The first kappa shape index (κ1) is 23.1. The first-order valence-electron chi connectivity index (χ1n) is 10.3. The summed E-state index contributed by atoms with van der Waals surface area (Å²) in [5.41, 5.74) is 0. The summed E-state index contributed by atoms with van der Waals surface area (Å²) in [4.78, 5) is 24.5. The van der Waals surface area contributed by atoms with Crippen molar-refractivity contribution in [3.05, 3.63) is 0 Å². The quantitative estimate of drug-likeness (QED) is 0.206. The zero-order valence-corrected chi connectivity index (χ0v) is 17.3. The predicted octanol–water partition coefficient (Wildman–Crippen LogP) is 4.52. The number of hydrogen-bond donors (Lipinski definition) is 0. The van der Waals surface area contributed by atoms with Gasteiger partial charge in [-0.05, 0) is 39.5 Å². The lowest BCUT2D eigenvalue weighted by atomic mass is 9.78. The Morgan fingerprint density at radius 1 is 1.04 bits per heavy atom. The Morgan fingerprint density at radius 2 is 1.65 bits per heavy atom. The Hall–Kier alpha value is -0.940. The van der Waals surface area contributed by atoms with Gasteiger partial charge in [-0.15, -0.1) is 0 Å². The largest absolute Gasteiger partial charge is 0.468 e. The lowest BCUT2D eigenvalue weighted by Gasteiger charge is -2.38. The van der Waals surface area contributed by atoms with Crippen LogP contribution in [-0.4, -0.2) is 37.9 Å². The Balaban J connectivity index is 3.02. The highest BCUT2D eigenvalue weighted by molar-refractivity contribution is 5.98. The van der Waals surface area contributed by atoms with Crippen molar-refractivity contribution in [1.29, 1.82) is 0 Å². The molecule has 3 atom stereocenters. The standard InChI is InChI=1S/C21H38O5/c1-6-9-10-11-12-13-18-17(19(16(4)22)20(23)24-5)14-15-21(18,25-7-2)26-8-3/h17-19H,6-15H2,1-5H3. The van der Waals surface area contributed by atoms with E-state index < -0.39 is 17.7 Å². The second-order valence-corrected chi connectivity index (χ2v) is 7.30. The summed E-state index contributed by atoms with van der Waals surface area (Å²) in [5.74, 6) is -1.99. The Bertz CT molecular complexity index is 428. The summed E-state index contributed by atoms with van der Waals surface area (Å²) in [7, 11) is 1.35. The number of unbranched alkanes of at least 4 members (excludes halogenated alkanes) is 4. The van der Waals surface area contributed by atoms with E-state index in [1.165, 1.54) is 33.3 Å². The molecule has 1 aliphatic rings. The molecule has 1 fully saturated rings. The third kappa shape index (κ3) is 5.78. The van der Waals surface area contributed by atoms with Crippen molar-refractivity contribution in [2.75, 3.05) is 20.3 Å². The maximum atomic E-state index is 12.3. The molecular formula is C21H38O5. The second kappa shape index (κ2) is 11.7. The summed E-state index contributed by atoms with van der Waals surface area (Å²) >= 11 is 0. The van der Waals surface area contributed by atoms with E-state index in [4.69, 9.17) is 14.2 Å². The van der Waals surface area contributed by atoms with Crippen molar-refractivity contribution in [1.82, 2.24) is 0 Å². The van der Waals surface area contributed by atoms with E-state index in [0.717, 1.165) is 32.1 Å². The van der Waals surface area contributed by atoms with E-state index in [2.05, 4.69) is 6.92 Å². The van der Waals surface area contributed by atoms with Crippen LogP contribution in [0.15, 0.2) is 0 Å². The number of carbonyl (C=O) groups is 2. The third-order valence-electron chi connectivity index (χ3n) is 5.63. The molecule has 0 aromatic rings. The van der Waals surface area contributed by atoms with E-state index >= 15 is 0 Å². The van der Waals surface area contributed by atoms with Gasteiger partial charge in [0.2, 0.25) is 0 Å². The van der Waals surface area contributed by atoms with Crippen molar-refractivity contribution in [2.24, 2.45) is 17.8 Å². The highest BCUT2D eigenvalue weighted by Crippen LogP contribution is 2.49. The average molecular weight is 371 g/mol. The van der Waals surface area contributed by atoms with Gasteiger partial charge in [-0.1, -0.05) is 39.0 Å². The van der Waals surface area contributed by atoms with Crippen LogP contribution in [-0.2, 0) is 23.8 Å². The van der Waals surface area contributed by atoms with Crippen molar-refractivity contribution in [3.63, 3.8) is 0 Å². The Kier molecular flexibility index (Phi) is 10.4. The molecule has 3 unspecified atom stereocenters. The van der Waals surface area contributed by atoms with Gasteiger partial charge in [0.1, 0.15) is 11.7 Å². The van der Waals surface area contributed by atoms with Gasteiger partial charge >= 0.3 is 5.97 Å². The van der Waals surface area contributed by atoms with E-state index in [9.17, 15) is 9.59 Å². The van der Waals surface area contributed by atoms with Crippen LogP contribution in [0.3, 0.4) is 0 Å². The number of ketones is 1. The molecule has 0 aliphatic heterocycles. The van der Waals surface area contributed by atoms with Gasteiger partial charge in [-0.25, -0.2) is 0 Å². The molecule has 0 spiro atoms. The summed E-state index contributed by atoms with van der Waals surface area (Å²) < 4.78 is 17.2. The van der Waals surface area contributed by atoms with Crippen LogP contribution in [0.1, 0.15) is 79.1 Å². The fourth-order valence-electron chi connectivity index (χ4n) is 4.54. The highest BCUT2D eigenvalue weighted by Gasteiger charge is 2.54. The van der Waals surface area contributed by atoms with Crippen LogP contribution < -0.4 is 0 Å². The maximum Gasteiger partial charge on any atom is 0.316 e. The average Bonchev–Trinajstić information content (AvgIpc) is 2.93. The van der Waals surface area contributed by atoms with Gasteiger partial charge < -0.3 is 14.2 Å². The number of esters is 1. The van der Waals surface area contributed by atoms with E-state index in [0.29, 0.717) is 13.2 Å². The van der Waals surface area contributed by atoms with Gasteiger partial charge in [0.15, 0.2) is 5.79 Å². The molecule has 0 aromatic heterocycles. The van der Waals surface area contributed by atoms with Crippen LogP contribution in [0, 0.1) is 17.8 Å². The van der Waals surface area contributed by atoms with E-state index in [1.807, 2.05) is 13.8 Å². The van der Waals surface area contributed by atoms with E-state index in [1.54, 1.807) is 0 Å². The number of ether oxygens (including phenoxy) is 3. The topological polar surface area (TPSA) is 61.8 Å². The smallest absolute Gasteiger partial charge is 0.316 e. The van der Waals surface area contributed by atoms with Crippen LogP contribution >= 0.6 is 0 Å². The molecule has 26 heavy (non-hydrogen) atoms. The lowest BCUT2D eigenvalue weighted by Crippen LogP contribution is -2.44. The number of methoxy groups -OCH3 is 1. The number of hydrogen-bond acceptors (Lipinski definition) is 5. The van der Waals surface area contributed by atoms with Crippen LogP contribution in [0.5, 0.6) is 0 Å². The molecule has 0 N–H and O–H groups in total. The number of Topliss-reactive ketones (excluding diaryl/α,β-unsaturated/α-hetero) is 1. The SMILES string of the molecule is CCCCCCCC1C(C(C(C)=O)C(=O)OC)CCC1(OCC)OCC. The second-order valence-electron chi connectivity index (χ2n) is 7.30. The molecule has 5 heteroatoms. The van der Waals surface area contributed by atoms with Crippen LogP contribution in [0.2, 0.25) is 0 Å². The van der Waals surface area contributed by atoms with Gasteiger partial charge in [0.25, 0.3) is 0 Å². The summed E-state index contributed by atoms with van der Waals surface area (Å²) in [5, 5.41) is 0. The van der Waals surface area contributed by atoms with Gasteiger partial charge in [-0.3, -0.25) is 9.59 Å². The molecular weight excluding hydrogens is 332 g/mol. The summed E-state index contributed by atoms with van der Waals surface area (Å²) in [6.07, 6.45) is 8.28. The normalized spacial score (nSPS) is 23.0.